The molecule has 1 aromatic heterocycles. The molecule has 0 saturated heterocycles. The molecule has 1 unspecified atom stereocenters. The van der Waals surface area contributed by atoms with Crippen LogP contribution in [0, 0.1) is 0 Å². The predicted octanol–water partition coefficient (Wildman–Crippen LogP) is 3.64. The molecule has 1 aromatic carbocycles. The van der Waals surface area contributed by atoms with Gasteiger partial charge in [0.15, 0.2) is 0 Å². The smallest absolute Gasteiger partial charge is 0.474 e. The molecule has 0 aliphatic rings. The van der Waals surface area contributed by atoms with Gasteiger partial charge in [0.05, 0.1) is 18.2 Å². The second kappa shape index (κ2) is 8.11. The number of fused-ring (bicyclic) bond motifs is 1. The molecule has 2 rings (SSSR count). The Kier molecular flexibility index (Phi) is 6.53. The highest BCUT2D eigenvalue weighted by Gasteiger charge is 2.29. The number of likely N-dealkylation sites (N-methyl/N-ethyl adjacent to an activating group) is 1. The maximum atomic E-state index is 12.2. The van der Waals surface area contributed by atoms with Crippen LogP contribution in [-0.2, 0) is 26.8 Å². The first-order valence-electron chi connectivity index (χ1n) is 8.49. The van der Waals surface area contributed by atoms with Crippen molar-refractivity contribution in [2.75, 3.05) is 27.7 Å². The zero-order valence-corrected chi connectivity index (χ0v) is 17.2. The van der Waals surface area contributed by atoms with E-state index in [0.29, 0.717) is 5.75 Å². The number of nitrogens with zero attached hydrogens (tertiary/aromatic N) is 2. The zero-order chi connectivity index (χ0) is 19.5. The lowest BCUT2D eigenvalue weighted by Crippen LogP contribution is -2.18. The van der Waals surface area contributed by atoms with E-state index in [0.717, 1.165) is 29.4 Å². The Hall–Kier alpha value is -1.37. The summed E-state index contributed by atoms with van der Waals surface area (Å²) >= 11 is 0. The Bertz CT molecular complexity index is 795. The average Bonchev–Trinajstić information content (AvgIpc) is 2.86. The largest absolute Gasteiger partial charge is 0.497 e. The van der Waals surface area contributed by atoms with E-state index in [9.17, 15) is 9.46 Å². The van der Waals surface area contributed by atoms with E-state index in [-0.39, 0.29) is 6.73 Å². The number of rotatable bonds is 8. The van der Waals surface area contributed by atoms with Crippen molar-refractivity contribution in [3.05, 3.63) is 30.0 Å². The van der Waals surface area contributed by atoms with Crippen LogP contribution < -0.4 is 4.74 Å². The lowest BCUT2D eigenvalue weighted by molar-refractivity contribution is 0.0494. The summed E-state index contributed by atoms with van der Waals surface area (Å²) in [6.45, 7) is 5.92. The Morgan fingerprint density at radius 1 is 1.27 bits per heavy atom. The molecule has 1 N–H and O–H groups in total. The van der Waals surface area contributed by atoms with Gasteiger partial charge in [0.2, 0.25) is 0 Å². The molecule has 2 aromatic rings. The van der Waals surface area contributed by atoms with Crippen molar-refractivity contribution in [3.63, 3.8) is 0 Å². The second-order valence-electron chi connectivity index (χ2n) is 7.49. The molecule has 0 saturated carbocycles. The quantitative estimate of drug-likeness (QED) is 0.701. The average molecular weight is 384 g/mol. The van der Waals surface area contributed by atoms with Gasteiger partial charge < -0.3 is 19.1 Å². The molecule has 0 spiro atoms. The van der Waals surface area contributed by atoms with Gasteiger partial charge in [-0.15, -0.1) is 0 Å². The van der Waals surface area contributed by atoms with Crippen LogP contribution in [0.25, 0.3) is 10.9 Å². The third-order valence-corrected chi connectivity index (χ3v) is 4.97. The lowest BCUT2D eigenvalue weighted by atomic mass is 10.1. The number of phosphoric acid groups is 1. The fraction of sp³-hybridized carbons (Fsp3) is 0.556. The van der Waals surface area contributed by atoms with E-state index in [4.69, 9.17) is 13.8 Å². The zero-order valence-electron chi connectivity index (χ0n) is 16.4. The maximum Gasteiger partial charge on any atom is 0.474 e. The Balaban J connectivity index is 2.28. The molecule has 1 atom stereocenters. The van der Waals surface area contributed by atoms with E-state index in [2.05, 4.69) is 4.90 Å². The molecular weight excluding hydrogens is 355 g/mol. The van der Waals surface area contributed by atoms with Crippen molar-refractivity contribution in [1.82, 2.24) is 9.47 Å². The van der Waals surface area contributed by atoms with Gasteiger partial charge in [0.25, 0.3) is 0 Å². The van der Waals surface area contributed by atoms with Gasteiger partial charge in [0, 0.05) is 24.2 Å². The summed E-state index contributed by atoms with van der Waals surface area (Å²) in [5.74, 6) is 0.717. The number of hydrogen-bond donors (Lipinski definition) is 1. The molecule has 0 aliphatic heterocycles. The van der Waals surface area contributed by atoms with E-state index in [1.165, 1.54) is 0 Å². The number of methoxy groups -OCH3 is 1. The van der Waals surface area contributed by atoms with Gasteiger partial charge in [-0.2, -0.15) is 0 Å². The summed E-state index contributed by atoms with van der Waals surface area (Å²) in [5.41, 5.74) is 1.25. The third-order valence-electron chi connectivity index (χ3n) is 3.75. The van der Waals surface area contributed by atoms with Crippen molar-refractivity contribution in [3.8, 4) is 5.75 Å². The summed E-state index contributed by atoms with van der Waals surface area (Å²) in [6, 6.07) is 5.80. The number of hydrogen-bond acceptors (Lipinski definition) is 5. The van der Waals surface area contributed by atoms with Crippen molar-refractivity contribution < 1.29 is 23.2 Å². The number of ether oxygens (including phenoxy) is 1. The second-order valence-corrected chi connectivity index (χ2v) is 8.87. The van der Waals surface area contributed by atoms with Crippen LogP contribution in [0.15, 0.2) is 24.4 Å². The third kappa shape index (κ3) is 5.83. The van der Waals surface area contributed by atoms with Gasteiger partial charge in [-0.1, -0.05) is 0 Å². The maximum absolute atomic E-state index is 12.2. The molecule has 146 valence electrons. The SMILES string of the molecule is COc1ccc2c(CCN(C)C)cn(COP(=O)(O)OC(C)(C)C)c2c1. The monoisotopic (exact) mass is 384 g/mol. The minimum Gasteiger partial charge on any atom is -0.497 e. The van der Waals surface area contributed by atoms with Gasteiger partial charge in [-0.05, 0) is 59.0 Å². The van der Waals surface area contributed by atoms with Crippen molar-refractivity contribution in [2.45, 2.75) is 39.5 Å². The van der Waals surface area contributed by atoms with Crippen LogP contribution in [0.5, 0.6) is 5.75 Å². The van der Waals surface area contributed by atoms with Crippen LogP contribution >= 0.6 is 7.82 Å². The summed E-state index contributed by atoms with van der Waals surface area (Å²) in [6.07, 6.45) is 2.81. The minimum atomic E-state index is -4.16. The van der Waals surface area contributed by atoms with Gasteiger partial charge >= 0.3 is 7.82 Å². The number of aromatic nitrogens is 1. The van der Waals surface area contributed by atoms with E-state index < -0.39 is 13.4 Å². The molecule has 0 aliphatic carbocycles. The fourth-order valence-corrected chi connectivity index (χ4v) is 3.65. The van der Waals surface area contributed by atoms with Crippen LogP contribution in [0.2, 0.25) is 0 Å². The van der Waals surface area contributed by atoms with Crippen molar-refractivity contribution in [2.24, 2.45) is 0 Å². The lowest BCUT2D eigenvalue weighted by Gasteiger charge is -2.22. The first kappa shape index (κ1) is 20.9. The van der Waals surface area contributed by atoms with Gasteiger partial charge in [0.1, 0.15) is 12.5 Å². The summed E-state index contributed by atoms with van der Waals surface area (Å²) in [4.78, 5) is 12.0. The standard InChI is InChI=1S/C18H29N2O5P/c1-18(2,3)25-26(21,22)24-13-20-12-14(9-10-19(4)5)16-8-7-15(23-6)11-17(16)20/h7-8,11-12H,9-10,13H2,1-6H3,(H,21,22). The number of benzene rings is 1. The minimum absolute atomic E-state index is 0.0878. The highest BCUT2D eigenvalue weighted by molar-refractivity contribution is 7.47. The predicted molar refractivity (Wildman–Crippen MR) is 102 cm³/mol. The van der Waals surface area contributed by atoms with Crippen LogP contribution in [-0.4, -0.2) is 47.7 Å². The van der Waals surface area contributed by atoms with Crippen LogP contribution in [0.4, 0.5) is 0 Å². The van der Waals surface area contributed by atoms with Crippen LogP contribution in [0.3, 0.4) is 0 Å². The Morgan fingerprint density at radius 2 is 1.96 bits per heavy atom. The van der Waals surface area contributed by atoms with E-state index in [1.807, 2.05) is 38.5 Å². The molecule has 0 amide bonds. The highest BCUT2D eigenvalue weighted by atomic mass is 31.2. The molecule has 26 heavy (non-hydrogen) atoms. The first-order valence-corrected chi connectivity index (χ1v) is 9.99. The first-order chi connectivity index (χ1) is 12.0. The summed E-state index contributed by atoms with van der Waals surface area (Å²) < 4.78 is 29.6. The van der Waals surface area contributed by atoms with Gasteiger partial charge in [-0.25, -0.2) is 4.57 Å². The highest BCUT2D eigenvalue weighted by Crippen LogP contribution is 2.47. The van der Waals surface area contributed by atoms with E-state index in [1.54, 1.807) is 32.4 Å². The molecule has 0 radical (unpaired) electrons. The van der Waals surface area contributed by atoms with Gasteiger partial charge in [-0.3, -0.25) is 9.05 Å². The molecule has 0 fully saturated rings. The molecule has 7 nitrogen and oxygen atoms in total. The normalized spacial score (nSPS) is 14.8. The topological polar surface area (TPSA) is 73.2 Å². The van der Waals surface area contributed by atoms with Crippen molar-refractivity contribution in [1.29, 1.82) is 0 Å². The number of phosphoric ester groups is 1. The molecule has 1 heterocycles. The fourth-order valence-electron chi connectivity index (χ4n) is 2.63. The molecule has 8 heteroatoms. The van der Waals surface area contributed by atoms with Crippen LogP contribution in [0.1, 0.15) is 26.3 Å². The summed E-state index contributed by atoms with van der Waals surface area (Å²) in [7, 11) is 1.50. The van der Waals surface area contributed by atoms with Crippen molar-refractivity contribution >= 4 is 18.7 Å². The molecule has 0 bridgehead atoms. The molecular formula is C18H29N2O5P. The Morgan fingerprint density at radius 3 is 2.54 bits per heavy atom. The summed E-state index contributed by atoms with van der Waals surface area (Å²) in [5, 5.41) is 1.07. The van der Waals surface area contributed by atoms with E-state index >= 15 is 0 Å². The Labute approximate surface area is 155 Å².